The van der Waals surface area contributed by atoms with E-state index in [4.69, 9.17) is 14.6 Å². The van der Waals surface area contributed by atoms with Crippen LogP contribution in [0, 0.1) is 17.8 Å². The smallest absolute Gasteiger partial charge is 0.0976 e. The third-order valence-electron chi connectivity index (χ3n) is 5.47. The molecule has 1 spiro atoms. The van der Waals surface area contributed by atoms with Gasteiger partial charge in [-0.3, -0.25) is 0 Å². The summed E-state index contributed by atoms with van der Waals surface area (Å²) in [6, 6.07) is 0. The Balaban J connectivity index is 0.000000704. The molecule has 2 saturated heterocycles. The van der Waals surface area contributed by atoms with Crippen molar-refractivity contribution in [3.8, 4) is 0 Å². The molecule has 1 aliphatic carbocycles. The molecule has 3 fully saturated rings. The van der Waals surface area contributed by atoms with Gasteiger partial charge in [-0.1, -0.05) is 27.2 Å². The van der Waals surface area contributed by atoms with Gasteiger partial charge in [0.05, 0.1) is 23.9 Å². The van der Waals surface area contributed by atoms with Gasteiger partial charge in [0.25, 0.3) is 0 Å². The lowest BCUT2D eigenvalue weighted by atomic mass is 9.68. The predicted octanol–water partition coefficient (Wildman–Crippen LogP) is 3.39. The quantitative estimate of drug-likeness (QED) is 0.805. The lowest BCUT2D eigenvalue weighted by molar-refractivity contribution is 0.0681. The molecule has 3 aliphatic rings. The van der Waals surface area contributed by atoms with Crippen LogP contribution in [0.25, 0.3) is 0 Å². The van der Waals surface area contributed by atoms with Crippen molar-refractivity contribution in [3.63, 3.8) is 0 Å². The van der Waals surface area contributed by atoms with Crippen molar-refractivity contribution in [2.75, 3.05) is 13.7 Å². The minimum Gasteiger partial charge on any atom is -0.400 e. The summed E-state index contributed by atoms with van der Waals surface area (Å²) in [5.74, 6) is 2.27. The van der Waals surface area contributed by atoms with Crippen LogP contribution in [0.1, 0.15) is 59.8 Å². The average Bonchev–Trinajstić information content (AvgIpc) is 3.29. The van der Waals surface area contributed by atoms with Crippen molar-refractivity contribution in [1.82, 2.24) is 0 Å². The molecule has 1 N–H and O–H groups in total. The predicted molar refractivity (Wildman–Crippen MR) is 80.7 cm³/mol. The summed E-state index contributed by atoms with van der Waals surface area (Å²) in [6.45, 7) is 10.3. The first-order chi connectivity index (χ1) is 9.46. The van der Waals surface area contributed by atoms with Crippen LogP contribution in [-0.4, -0.2) is 36.1 Å². The third kappa shape index (κ3) is 3.05. The van der Waals surface area contributed by atoms with Gasteiger partial charge in [-0.2, -0.15) is 0 Å². The summed E-state index contributed by atoms with van der Waals surface area (Å²) < 4.78 is 12.0. The van der Waals surface area contributed by atoms with Crippen molar-refractivity contribution >= 4 is 0 Å². The van der Waals surface area contributed by atoms with Crippen molar-refractivity contribution in [2.45, 2.75) is 77.1 Å². The average molecular weight is 284 g/mol. The summed E-state index contributed by atoms with van der Waals surface area (Å²) in [5.41, 5.74) is 0.338. The van der Waals surface area contributed by atoms with E-state index in [1.54, 1.807) is 0 Å². The molecule has 4 unspecified atom stereocenters. The molecule has 2 heterocycles. The van der Waals surface area contributed by atoms with E-state index < -0.39 is 0 Å². The lowest BCUT2D eigenvalue weighted by Crippen LogP contribution is -2.41. The number of epoxide rings is 2. The first kappa shape index (κ1) is 16.3. The van der Waals surface area contributed by atoms with Crippen molar-refractivity contribution in [3.05, 3.63) is 0 Å². The van der Waals surface area contributed by atoms with Crippen molar-refractivity contribution < 1.29 is 14.6 Å². The molecule has 2 aliphatic heterocycles. The normalized spacial score (nSPS) is 46.0. The lowest BCUT2D eigenvalue weighted by Gasteiger charge is -2.35. The summed E-state index contributed by atoms with van der Waals surface area (Å²) in [7, 11) is 1.00. The molecular weight excluding hydrogens is 252 g/mol. The van der Waals surface area contributed by atoms with Crippen LogP contribution in [0.2, 0.25) is 0 Å². The van der Waals surface area contributed by atoms with Crippen LogP contribution < -0.4 is 0 Å². The molecule has 0 aromatic carbocycles. The van der Waals surface area contributed by atoms with Gasteiger partial charge >= 0.3 is 0 Å². The minimum atomic E-state index is 0.130. The highest BCUT2D eigenvalue weighted by Gasteiger charge is 2.68. The van der Waals surface area contributed by atoms with E-state index in [0.717, 1.165) is 25.6 Å². The largest absolute Gasteiger partial charge is 0.400 e. The Bertz CT molecular complexity index is 324. The van der Waals surface area contributed by atoms with Crippen molar-refractivity contribution in [1.29, 1.82) is 0 Å². The molecule has 0 aromatic rings. The fourth-order valence-electron chi connectivity index (χ4n) is 4.18. The maximum absolute atomic E-state index is 7.00. The first-order valence-corrected chi connectivity index (χ1v) is 8.23. The van der Waals surface area contributed by atoms with Gasteiger partial charge in [0, 0.05) is 13.0 Å². The molecule has 0 amide bonds. The Kier molecular flexibility index (Phi) is 4.83. The van der Waals surface area contributed by atoms with E-state index in [-0.39, 0.29) is 11.2 Å². The number of hydrogen-bond donors (Lipinski definition) is 1. The zero-order valence-corrected chi connectivity index (χ0v) is 13.8. The highest BCUT2D eigenvalue weighted by molar-refractivity contribution is 5.15. The molecule has 118 valence electrons. The van der Waals surface area contributed by atoms with Crippen LogP contribution in [0.4, 0.5) is 0 Å². The molecule has 3 nitrogen and oxygen atoms in total. The van der Waals surface area contributed by atoms with Crippen LogP contribution in [0.5, 0.6) is 0 Å². The summed E-state index contributed by atoms with van der Waals surface area (Å²) in [5, 5.41) is 7.00. The number of aliphatic hydroxyl groups is 1. The second-order valence-electron chi connectivity index (χ2n) is 7.55. The van der Waals surface area contributed by atoms with E-state index in [2.05, 4.69) is 27.7 Å². The van der Waals surface area contributed by atoms with Crippen LogP contribution >= 0.6 is 0 Å². The Hall–Kier alpha value is -0.120. The second kappa shape index (κ2) is 5.94. The molecule has 0 radical (unpaired) electrons. The van der Waals surface area contributed by atoms with Gasteiger partial charge < -0.3 is 14.6 Å². The first-order valence-electron chi connectivity index (χ1n) is 8.23. The Morgan fingerprint density at radius 2 is 1.90 bits per heavy atom. The standard InChI is InChI=1S/C16H28O2.CH4O/c1-11(2)5-8-14-15(4,18-14)13-7-6-12(3)9-16(13)10-17-16;1-2/h11-14H,5-10H2,1-4H3;2H,1H3/t12-,13?,14?,15?,16?;/m0./s1. The molecule has 5 atom stereocenters. The fraction of sp³-hybridized carbons (Fsp3) is 1.00. The van der Waals surface area contributed by atoms with Gasteiger partial charge in [-0.25, -0.2) is 0 Å². The van der Waals surface area contributed by atoms with E-state index in [9.17, 15) is 0 Å². The molecule has 3 heteroatoms. The third-order valence-corrected chi connectivity index (χ3v) is 5.47. The van der Waals surface area contributed by atoms with Gasteiger partial charge in [0.2, 0.25) is 0 Å². The van der Waals surface area contributed by atoms with Crippen LogP contribution in [0.15, 0.2) is 0 Å². The molecule has 1 saturated carbocycles. The van der Waals surface area contributed by atoms with E-state index in [1.807, 2.05) is 0 Å². The second-order valence-corrected chi connectivity index (χ2v) is 7.55. The maximum atomic E-state index is 7.00. The highest BCUT2D eigenvalue weighted by atomic mass is 16.6. The van der Waals surface area contributed by atoms with Gasteiger partial charge in [-0.05, 0) is 44.4 Å². The molecule has 0 aromatic heterocycles. The highest BCUT2D eigenvalue weighted by Crippen LogP contribution is 2.59. The SMILES string of the molecule is CC(C)CCC1OC1(C)C1CC[C@H](C)CC12CO2.CO. The summed E-state index contributed by atoms with van der Waals surface area (Å²) in [4.78, 5) is 0. The Morgan fingerprint density at radius 3 is 2.45 bits per heavy atom. The number of hydrogen-bond acceptors (Lipinski definition) is 3. The molecule has 0 bridgehead atoms. The number of aliphatic hydroxyl groups excluding tert-OH is 1. The monoisotopic (exact) mass is 284 g/mol. The van der Waals surface area contributed by atoms with Gasteiger partial charge in [0.1, 0.15) is 0 Å². The van der Waals surface area contributed by atoms with Crippen LogP contribution in [0.3, 0.4) is 0 Å². The number of rotatable bonds is 4. The number of ether oxygens (including phenoxy) is 2. The molecule has 20 heavy (non-hydrogen) atoms. The van der Waals surface area contributed by atoms with E-state index in [0.29, 0.717) is 12.0 Å². The minimum absolute atomic E-state index is 0.130. The van der Waals surface area contributed by atoms with Crippen LogP contribution in [-0.2, 0) is 9.47 Å². The fourth-order valence-corrected chi connectivity index (χ4v) is 4.18. The maximum Gasteiger partial charge on any atom is 0.0976 e. The molecular formula is C17H32O3. The zero-order valence-electron chi connectivity index (χ0n) is 13.8. The zero-order chi connectivity index (χ0) is 15.0. The van der Waals surface area contributed by atoms with Gasteiger partial charge in [-0.15, -0.1) is 0 Å². The Morgan fingerprint density at radius 1 is 1.25 bits per heavy atom. The summed E-state index contributed by atoms with van der Waals surface area (Å²) >= 11 is 0. The van der Waals surface area contributed by atoms with E-state index in [1.165, 1.54) is 32.1 Å². The summed E-state index contributed by atoms with van der Waals surface area (Å²) in [6.07, 6.45) is 6.93. The van der Waals surface area contributed by atoms with E-state index >= 15 is 0 Å². The van der Waals surface area contributed by atoms with Gasteiger partial charge in [0.15, 0.2) is 0 Å². The van der Waals surface area contributed by atoms with Crippen molar-refractivity contribution in [2.24, 2.45) is 17.8 Å². The topological polar surface area (TPSA) is 45.3 Å². The Labute approximate surface area is 124 Å². The molecule has 3 rings (SSSR count).